The molecule has 0 heterocycles. The molecule has 1 aliphatic carbocycles. The van der Waals surface area contributed by atoms with Gasteiger partial charge in [-0.15, -0.1) is 0 Å². The molecular weight excluding hydrogens is 255 g/mol. The van der Waals surface area contributed by atoms with Crippen molar-refractivity contribution in [1.29, 1.82) is 0 Å². The van der Waals surface area contributed by atoms with Crippen LogP contribution in [0.2, 0.25) is 5.02 Å². The molecule has 0 spiro atoms. The van der Waals surface area contributed by atoms with E-state index in [1.807, 2.05) is 19.1 Å². The summed E-state index contributed by atoms with van der Waals surface area (Å²) in [5, 5.41) is 0.553. The Morgan fingerprint density at radius 2 is 2.00 bits per heavy atom. The lowest BCUT2D eigenvalue weighted by atomic mass is 9.70. The molecule has 2 rings (SSSR count). The molecule has 0 unspecified atom stereocenters. The Morgan fingerprint density at radius 3 is 2.59 bits per heavy atom. The number of halogens is 2. The third kappa shape index (κ3) is 2.83. The Kier molecular flexibility index (Phi) is 3.79. The average Bonchev–Trinajstić information content (AvgIpc) is 2.30. The van der Waals surface area contributed by atoms with Crippen molar-refractivity contribution in [2.75, 3.05) is 0 Å². The van der Waals surface area contributed by atoms with Crippen molar-refractivity contribution < 1.29 is 4.79 Å². The molecule has 17 heavy (non-hydrogen) atoms. The average molecular weight is 271 g/mol. The summed E-state index contributed by atoms with van der Waals surface area (Å²) < 4.78 is 0. The predicted octanol–water partition coefficient (Wildman–Crippen LogP) is 4.77. The topological polar surface area (TPSA) is 17.1 Å². The Labute approximate surface area is 112 Å². The largest absolute Gasteiger partial charge is 0.281 e. The fraction of sp³-hybridized carbons (Fsp3) is 0.500. The second kappa shape index (κ2) is 4.99. The zero-order chi connectivity index (χ0) is 12.5. The van der Waals surface area contributed by atoms with Crippen molar-refractivity contribution in [1.82, 2.24) is 0 Å². The normalized spacial score (nSPS) is 29.0. The highest BCUT2D eigenvalue weighted by atomic mass is 35.5. The molecule has 0 radical (unpaired) electrons. The maximum atomic E-state index is 11.5. The molecule has 0 amide bonds. The smallest absolute Gasteiger partial charge is 0.227 e. The van der Waals surface area contributed by atoms with Gasteiger partial charge in [0.15, 0.2) is 0 Å². The minimum Gasteiger partial charge on any atom is -0.281 e. The molecule has 1 fully saturated rings. The van der Waals surface area contributed by atoms with E-state index >= 15 is 0 Å². The minimum absolute atomic E-state index is 0.198. The molecule has 2 atom stereocenters. The molecular formula is C14H16Cl2O. The van der Waals surface area contributed by atoms with Gasteiger partial charge in [-0.2, -0.15) is 0 Å². The van der Waals surface area contributed by atoms with Crippen molar-refractivity contribution in [2.45, 2.75) is 38.5 Å². The summed E-state index contributed by atoms with van der Waals surface area (Å²) >= 11 is 11.6. The third-order valence-electron chi connectivity index (χ3n) is 3.79. The summed E-state index contributed by atoms with van der Waals surface area (Å²) in [6.07, 6.45) is 3.93. The van der Waals surface area contributed by atoms with Gasteiger partial charge in [-0.3, -0.25) is 4.79 Å². The van der Waals surface area contributed by atoms with Gasteiger partial charge in [0.1, 0.15) is 0 Å². The molecule has 92 valence electrons. The SMILES string of the molecule is C[C@]1(C(=O)Cl)CCC[C@@H](c2ccc(Cl)cc2)C1. The number of hydrogen-bond donors (Lipinski definition) is 0. The number of rotatable bonds is 2. The van der Waals surface area contributed by atoms with Crippen LogP contribution in [0.4, 0.5) is 0 Å². The van der Waals surface area contributed by atoms with Gasteiger partial charge in [-0.25, -0.2) is 0 Å². The standard InChI is InChI=1S/C14H16Cl2O/c1-14(13(16)17)8-2-3-11(9-14)10-4-6-12(15)7-5-10/h4-7,11H,2-3,8-9H2,1H3/t11-,14+/m1/s1. The minimum atomic E-state index is -0.357. The Bertz CT molecular complexity index is 413. The fourth-order valence-corrected chi connectivity index (χ4v) is 2.98. The highest BCUT2D eigenvalue weighted by Gasteiger charge is 2.37. The molecule has 3 heteroatoms. The van der Waals surface area contributed by atoms with E-state index < -0.39 is 0 Å². The highest BCUT2D eigenvalue weighted by molar-refractivity contribution is 6.64. The first-order valence-electron chi connectivity index (χ1n) is 5.97. The zero-order valence-electron chi connectivity index (χ0n) is 9.88. The number of carbonyl (C=O) groups excluding carboxylic acids is 1. The quantitative estimate of drug-likeness (QED) is 0.708. The van der Waals surface area contributed by atoms with Crippen LogP contribution in [-0.2, 0) is 4.79 Å². The van der Waals surface area contributed by atoms with E-state index in [1.165, 1.54) is 5.56 Å². The van der Waals surface area contributed by atoms with Gasteiger partial charge < -0.3 is 0 Å². The van der Waals surface area contributed by atoms with Crippen LogP contribution in [-0.4, -0.2) is 5.24 Å². The van der Waals surface area contributed by atoms with Gasteiger partial charge in [0.2, 0.25) is 5.24 Å². The lowest BCUT2D eigenvalue weighted by Gasteiger charge is -2.35. The van der Waals surface area contributed by atoms with E-state index in [4.69, 9.17) is 23.2 Å². The molecule has 0 aromatic heterocycles. The van der Waals surface area contributed by atoms with E-state index in [9.17, 15) is 4.79 Å². The van der Waals surface area contributed by atoms with Crippen molar-refractivity contribution in [3.63, 3.8) is 0 Å². The van der Waals surface area contributed by atoms with Crippen LogP contribution in [0.3, 0.4) is 0 Å². The van der Waals surface area contributed by atoms with Crippen LogP contribution in [0.15, 0.2) is 24.3 Å². The van der Waals surface area contributed by atoms with Gasteiger partial charge in [-0.05, 0) is 54.5 Å². The van der Waals surface area contributed by atoms with Crippen molar-refractivity contribution >= 4 is 28.4 Å². The second-order valence-corrected chi connectivity index (χ2v) is 5.96. The fourth-order valence-electron chi connectivity index (χ4n) is 2.68. The Balaban J connectivity index is 2.17. The molecule has 0 aliphatic heterocycles. The number of carbonyl (C=O) groups is 1. The molecule has 1 aromatic carbocycles. The van der Waals surface area contributed by atoms with Crippen LogP contribution >= 0.6 is 23.2 Å². The molecule has 1 aromatic rings. The lowest BCUT2D eigenvalue weighted by Crippen LogP contribution is -2.30. The first-order chi connectivity index (χ1) is 8.01. The summed E-state index contributed by atoms with van der Waals surface area (Å²) in [5.74, 6) is 0.425. The third-order valence-corrected chi connectivity index (χ3v) is 4.50. The van der Waals surface area contributed by atoms with Crippen LogP contribution in [0.25, 0.3) is 0 Å². The predicted molar refractivity (Wildman–Crippen MR) is 71.6 cm³/mol. The monoisotopic (exact) mass is 270 g/mol. The van der Waals surface area contributed by atoms with Crippen molar-refractivity contribution in [3.8, 4) is 0 Å². The zero-order valence-corrected chi connectivity index (χ0v) is 11.4. The summed E-state index contributed by atoms with van der Waals surface area (Å²) in [6, 6.07) is 7.92. The van der Waals surface area contributed by atoms with Crippen LogP contribution in [0.5, 0.6) is 0 Å². The van der Waals surface area contributed by atoms with E-state index in [1.54, 1.807) is 0 Å². The molecule has 1 aliphatic rings. The lowest BCUT2D eigenvalue weighted by molar-refractivity contribution is -0.121. The van der Waals surface area contributed by atoms with Crippen LogP contribution < -0.4 is 0 Å². The summed E-state index contributed by atoms with van der Waals surface area (Å²) in [5.41, 5.74) is 0.905. The number of hydrogen-bond acceptors (Lipinski definition) is 1. The Hall–Kier alpha value is -0.530. The van der Waals surface area contributed by atoms with Gasteiger partial charge in [0.05, 0.1) is 0 Å². The number of benzene rings is 1. The maximum Gasteiger partial charge on any atom is 0.227 e. The molecule has 0 N–H and O–H groups in total. The summed E-state index contributed by atoms with van der Waals surface area (Å²) in [7, 11) is 0. The van der Waals surface area contributed by atoms with Gasteiger partial charge in [-0.1, -0.05) is 37.1 Å². The van der Waals surface area contributed by atoms with E-state index in [0.29, 0.717) is 5.92 Å². The van der Waals surface area contributed by atoms with Crippen LogP contribution in [0.1, 0.15) is 44.1 Å². The molecule has 0 saturated heterocycles. The molecule has 0 bridgehead atoms. The molecule has 1 nitrogen and oxygen atoms in total. The summed E-state index contributed by atoms with van der Waals surface area (Å²) in [6.45, 7) is 1.98. The first kappa shape index (κ1) is 12.9. The highest BCUT2D eigenvalue weighted by Crippen LogP contribution is 2.45. The van der Waals surface area contributed by atoms with Crippen molar-refractivity contribution in [2.24, 2.45) is 5.41 Å². The van der Waals surface area contributed by atoms with Gasteiger partial charge in [0, 0.05) is 10.4 Å². The van der Waals surface area contributed by atoms with Crippen molar-refractivity contribution in [3.05, 3.63) is 34.9 Å². The second-order valence-electron chi connectivity index (χ2n) is 5.18. The maximum absolute atomic E-state index is 11.5. The van der Waals surface area contributed by atoms with E-state index in [0.717, 1.165) is 30.7 Å². The van der Waals surface area contributed by atoms with E-state index in [-0.39, 0.29) is 10.7 Å². The van der Waals surface area contributed by atoms with E-state index in [2.05, 4.69) is 12.1 Å². The first-order valence-corrected chi connectivity index (χ1v) is 6.72. The van der Waals surface area contributed by atoms with Crippen LogP contribution in [0, 0.1) is 5.41 Å². The Morgan fingerprint density at radius 1 is 1.35 bits per heavy atom. The van der Waals surface area contributed by atoms with Gasteiger partial charge >= 0.3 is 0 Å². The summed E-state index contributed by atoms with van der Waals surface area (Å²) in [4.78, 5) is 11.5. The van der Waals surface area contributed by atoms with Gasteiger partial charge in [0.25, 0.3) is 0 Å². The molecule has 1 saturated carbocycles.